The molecule has 0 spiro atoms. The van der Waals surface area contributed by atoms with Crippen molar-refractivity contribution >= 4 is 51.8 Å². The van der Waals surface area contributed by atoms with Crippen molar-refractivity contribution in [3.05, 3.63) is 47.0 Å². The monoisotopic (exact) mass is 392 g/mol. The molecule has 1 aliphatic rings. The summed E-state index contributed by atoms with van der Waals surface area (Å²) in [6, 6.07) is 12.2. The van der Waals surface area contributed by atoms with Gasteiger partial charge >= 0.3 is 5.97 Å². The molecular weight excluding hydrogens is 371 g/mol. The molecular formula is C20H22Cl2N2O2. The molecule has 0 amide bonds. The van der Waals surface area contributed by atoms with Crippen LogP contribution in [0.3, 0.4) is 0 Å². The van der Waals surface area contributed by atoms with Gasteiger partial charge in [-0.25, -0.2) is 0 Å². The molecule has 26 heavy (non-hydrogen) atoms. The van der Waals surface area contributed by atoms with Gasteiger partial charge in [0.05, 0.1) is 5.92 Å². The molecule has 2 aromatic carbocycles. The highest BCUT2D eigenvalue weighted by Gasteiger charge is 2.21. The first-order chi connectivity index (χ1) is 12.1. The minimum absolute atomic E-state index is 0. The number of halogens is 2. The maximum Gasteiger partial charge on any atom is 0.313 e. The lowest BCUT2D eigenvalue weighted by Crippen LogP contribution is -2.29. The number of rotatable bonds is 4. The van der Waals surface area contributed by atoms with Gasteiger partial charge in [-0.15, -0.1) is 12.4 Å². The van der Waals surface area contributed by atoms with E-state index < -0.39 is 0 Å². The summed E-state index contributed by atoms with van der Waals surface area (Å²) in [7, 11) is 0. The summed E-state index contributed by atoms with van der Waals surface area (Å²) in [4.78, 5) is 15.8. The Morgan fingerprint density at radius 2 is 2.08 bits per heavy atom. The number of aromatic amines is 1. The zero-order valence-electron chi connectivity index (χ0n) is 14.5. The van der Waals surface area contributed by atoms with Crippen molar-refractivity contribution in [2.45, 2.75) is 31.7 Å². The third-order valence-corrected chi connectivity index (χ3v) is 5.26. The quantitative estimate of drug-likeness (QED) is 0.627. The van der Waals surface area contributed by atoms with E-state index in [0.29, 0.717) is 12.6 Å². The fourth-order valence-electron chi connectivity index (χ4n) is 3.51. The molecule has 1 saturated heterocycles. The normalized spacial score (nSPS) is 18.0. The van der Waals surface area contributed by atoms with E-state index in [1.807, 2.05) is 43.3 Å². The fourth-order valence-corrected chi connectivity index (χ4v) is 3.68. The average Bonchev–Trinajstić information content (AvgIpc) is 3.25. The summed E-state index contributed by atoms with van der Waals surface area (Å²) in [5, 5.41) is 6.26. The standard InChI is InChI=1S/C20H21ClN2O2.ClH/c1-12(20(24)25-11-15-3-2-8-22-15)13-4-6-16-17-10-14(21)5-7-18(17)23-19(16)9-13;/h4-7,9-10,12,15,22-23H,2-3,8,11H2,1H3;1H. The minimum Gasteiger partial charge on any atom is -0.464 e. The molecule has 2 N–H and O–H groups in total. The van der Waals surface area contributed by atoms with E-state index in [9.17, 15) is 4.79 Å². The van der Waals surface area contributed by atoms with Gasteiger partial charge in [-0.1, -0.05) is 23.7 Å². The number of ether oxygens (including phenoxy) is 1. The second-order valence-corrected chi connectivity index (χ2v) is 7.20. The van der Waals surface area contributed by atoms with Gasteiger partial charge in [0.2, 0.25) is 0 Å². The maximum atomic E-state index is 12.4. The lowest BCUT2D eigenvalue weighted by Gasteiger charge is -2.15. The first-order valence-corrected chi connectivity index (χ1v) is 9.10. The number of hydrogen-bond acceptors (Lipinski definition) is 3. The SMILES string of the molecule is CC(C(=O)OCC1CCCN1)c1ccc2c(c1)[nH]c1ccc(Cl)cc12.Cl. The van der Waals surface area contributed by atoms with E-state index in [0.717, 1.165) is 51.8 Å². The van der Waals surface area contributed by atoms with E-state index in [4.69, 9.17) is 16.3 Å². The molecule has 138 valence electrons. The smallest absolute Gasteiger partial charge is 0.313 e. The highest BCUT2D eigenvalue weighted by atomic mass is 35.5. The van der Waals surface area contributed by atoms with Crippen LogP contribution >= 0.6 is 24.0 Å². The van der Waals surface area contributed by atoms with Gasteiger partial charge in [0.25, 0.3) is 0 Å². The lowest BCUT2D eigenvalue weighted by atomic mass is 9.99. The van der Waals surface area contributed by atoms with Gasteiger partial charge in [-0.3, -0.25) is 4.79 Å². The molecule has 4 nitrogen and oxygen atoms in total. The van der Waals surface area contributed by atoms with Crippen LogP contribution in [-0.2, 0) is 9.53 Å². The second-order valence-electron chi connectivity index (χ2n) is 6.76. The summed E-state index contributed by atoms with van der Waals surface area (Å²) in [5.74, 6) is -0.465. The van der Waals surface area contributed by atoms with Gasteiger partial charge in [0, 0.05) is 32.9 Å². The topological polar surface area (TPSA) is 54.1 Å². The van der Waals surface area contributed by atoms with Gasteiger partial charge in [0.1, 0.15) is 6.61 Å². The summed E-state index contributed by atoms with van der Waals surface area (Å²) < 4.78 is 5.50. The van der Waals surface area contributed by atoms with E-state index in [2.05, 4.69) is 10.3 Å². The first-order valence-electron chi connectivity index (χ1n) is 8.73. The zero-order valence-corrected chi connectivity index (χ0v) is 16.1. The molecule has 0 bridgehead atoms. The molecule has 0 radical (unpaired) electrons. The van der Waals surface area contributed by atoms with Crippen LogP contribution in [-0.4, -0.2) is 30.1 Å². The number of esters is 1. The Labute approximate surface area is 163 Å². The van der Waals surface area contributed by atoms with E-state index >= 15 is 0 Å². The van der Waals surface area contributed by atoms with Crippen LogP contribution in [0.15, 0.2) is 36.4 Å². The Bertz CT molecular complexity index is 932. The molecule has 1 aromatic heterocycles. The van der Waals surface area contributed by atoms with Crippen LogP contribution in [0.4, 0.5) is 0 Å². The summed E-state index contributed by atoms with van der Waals surface area (Å²) in [6.07, 6.45) is 2.23. The molecule has 3 aromatic rings. The van der Waals surface area contributed by atoms with Gasteiger partial charge < -0.3 is 15.0 Å². The Morgan fingerprint density at radius 3 is 2.85 bits per heavy atom. The van der Waals surface area contributed by atoms with Crippen molar-refractivity contribution in [1.82, 2.24) is 10.3 Å². The zero-order chi connectivity index (χ0) is 17.4. The van der Waals surface area contributed by atoms with E-state index in [1.54, 1.807) is 0 Å². The van der Waals surface area contributed by atoms with Crippen molar-refractivity contribution in [1.29, 1.82) is 0 Å². The van der Waals surface area contributed by atoms with Gasteiger partial charge in [0.15, 0.2) is 0 Å². The van der Waals surface area contributed by atoms with Crippen LogP contribution < -0.4 is 5.32 Å². The van der Waals surface area contributed by atoms with Crippen LogP contribution in [0.5, 0.6) is 0 Å². The van der Waals surface area contributed by atoms with Crippen molar-refractivity contribution < 1.29 is 9.53 Å². The second kappa shape index (κ2) is 7.87. The highest BCUT2D eigenvalue weighted by molar-refractivity contribution is 6.31. The lowest BCUT2D eigenvalue weighted by molar-refractivity contribution is -0.145. The van der Waals surface area contributed by atoms with Crippen molar-refractivity contribution in [2.24, 2.45) is 0 Å². The number of hydrogen-bond donors (Lipinski definition) is 2. The molecule has 2 atom stereocenters. The van der Waals surface area contributed by atoms with Crippen LogP contribution in [0.25, 0.3) is 21.8 Å². The molecule has 6 heteroatoms. The number of carbonyl (C=O) groups excluding carboxylic acids is 1. The number of carbonyl (C=O) groups is 1. The maximum absolute atomic E-state index is 12.4. The van der Waals surface area contributed by atoms with Crippen molar-refractivity contribution in [2.75, 3.05) is 13.2 Å². The Balaban J connectivity index is 0.00000196. The summed E-state index contributed by atoms with van der Waals surface area (Å²) >= 11 is 6.11. The molecule has 1 fully saturated rings. The summed E-state index contributed by atoms with van der Waals surface area (Å²) in [6.45, 7) is 3.36. The largest absolute Gasteiger partial charge is 0.464 e. The number of aromatic nitrogens is 1. The summed E-state index contributed by atoms with van der Waals surface area (Å²) in [5.41, 5.74) is 3.00. The predicted octanol–water partition coefficient (Wildman–Crippen LogP) is 4.80. The van der Waals surface area contributed by atoms with Crippen molar-refractivity contribution in [3.8, 4) is 0 Å². The minimum atomic E-state index is -0.291. The third-order valence-electron chi connectivity index (χ3n) is 5.03. The molecule has 0 saturated carbocycles. The van der Waals surface area contributed by atoms with Crippen LogP contribution in [0.1, 0.15) is 31.2 Å². The molecule has 1 aliphatic heterocycles. The first kappa shape index (κ1) is 19.0. The Hall–Kier alpha value is -1.75. The third kappa shape index (κ3) is 3.68. The highest BCUT2D eigenvalue weighted by Crippen LogP contribution is 2.30. The van der Waals surface area contributed by atoms with E-state index in [1.165, 1.54) is 0 Å². The molecule has 4 rings (SSSR count). The number of nitrogens with one attached hydrogen (secondary N) is 2. The number of H-pyrrole nitrogens is 1. The molecule has 2 heterocycles. The fraction of sp³-hybridized carbons (Fsp3) is 0.350. The van der Waals surface area contributed by atoms with Gasteiger partial charge in [-0.05, 0) is 56.1 Å². The number of benzene rings is 2. The van der Waals surface area contributed by atoms with Gasteiger partial charge in [-0.2, -0.15) is 0 Å². The Morgan fingerprint density at radius 1 is 1.23 bits per heavy atom. The molecule has 2 unspecified atom stereocenters. The van der Waals surface area contributed by atoms with Crippen molar-refractivity contribution in [3.63, 3.8) is 0 Å². The number of fused-ring (bicyclic) bond motifs is 3. The predicted molar refractivity (Wildman–Crippen MR) is 108 cm³/mol. The van der Waals surface area contributed by atoms with E-state index in [-0.39, 0.29) is 24.3 Å². The van der Waals surface area contributed by atoms with Crippen LogP contribution in [0, 0.1) is 0 Å². The average molecular weight is 393 g/mol. The van der Waals surface area contributed by atoms with Crippen LogP contribution in [0.2, 0.25) is 5.02 Å². The Kier molecular flexibility index (Phi) is 5.76. The molecule has 0 aliphatic carbocycles.